The first-order chi connectivity index (χ1) is 11.0. The van der Waals surface area contributed by atoms with Gasteiger partial charge in [-0.25, -0.2) is 4.79 Å². The van der Waals surface area contributed by atoms with Crippen molar-refractivity contribution >= 4 is 29.1 Å². The first kappa shape index (κ1) is 17.0. The van der Waals surface area contributed by atoms with Crippen LogP contribution >= 0.6 is 12.2 Å². The summed E-state index contributed by atoms with van der Waals surface area (Å²) in [6.45, 7) is 4.43. The summed E-state index contributed by atoms with van der Waals surface area (Å²) < 4.78 is 6.66. The normalized spacial score (nSPS) is 10.2. The third kappa shape index (κ3) is 4.29. The average Bonchev–Trinajstić information content (AvgIpc) is 2.80. The molecule has 23 heavy (non-hydrogen) atoms. The monoisotopic (exact) mass is 332 g/mol. The molecule has 0 amide bonds. The van der Waals surface area contributed by atoms with Gasteiger partial charge in [-0.3, -0.25) is 4.68 Å². The zero-order chi connectivity index (χ0) is 16.8. The van der Waals surface area contributed by atoms with Gasteiger partial charge in [0.05, 0.1) is 12.3 Å². The van der Waals surface area contributed by atoms with Gasteiger partial charge in [-0.15, -0.1) is 0 Å². The fourth-order valence-electron chi connectivity index (χ4n) is 2.18. The molecule has 2 N–H and O–H groups in total. The number of esters is 1. The molecule has 0 atom stereocenters. The third-order valence-corrected chi connectivity index (χ3v) is 3.48. The molecule has 0 fully saturated rings. The van der Waals surface area contributed by atoms with E-state index in [0.717, 1.165) is 5.56 Å². The number of benzene rings is 1. The molecule has 0 saturated heterocycles. The molecule has 0 spiro atoms. The van der Waals surface area contributed by atoms with Crippen molar-refractivity contribution in [1.82, 2.24) is 15.1 Å². The van der Waals surface area contributed by atoms with Gasteiger partial charge in [-0.05, 0) is 31.6 Å². The molecular weight excluding hydrogens is 312 g/mol. The fourth-order valence-corrected chi connectivity index (χ4v) is 2.35. The Labute approximate surface area is 140 Å². The first-order valence-electron chi connectivity index (χ1n) is 7.32. The molecule has 0 aliphatic heterocycles. The van der Waals surface area contributed by atoms with E-state index in [-0.39, 0.29) is 0 Å². The average molecular weight is 332 g/mol. The van der Waals surface area contributed by atoms with E-state index in [4.69, 9.17) is 17.0 Å². The number of hydrogen-bond donors (Lipinski definition) is 2. The molecule has 6 nitrogen and oxygen atoms in total. The Balaban J connectivity index is 2.07. The van der Waals surface area contributed by atoms with E-state index in [1.807, 2.05) is 30.3 Å². The van der Waals surface area contributed by atoms with Crippen molar-refractivity contribution in [3.8, 4) is 0 Å². The van der Waals surface area contributed by atoms with Gasteiger partial charge in [0.1, 0.15) is 11.4 Å². The van der Waals surface area contributed by atoms with Crippen LogP contribution in [0.4, 0.5) is 5.82 Å². The van der Waals surface area contributed by atoms with E-state index in [9.17, 15) is 4.79 Å². The van der Waals surface area contributed by atoms with Crippen LogP contribution in [0, 0.1) is 6.92 Å². The number of thiocarbonyl (C=S) groups is 1. The summed E-state index contributed by atoms with van der Waals surface area (Å²) in [5.74, 6) is 0.109. The fraction of sp³-hybridized carbons (Fsp3) is 0.312. The van der Waals surface area contributed by atoms with Crippen LogP contribution in [0.3, 0.4) is 0 Å². The van der Waals surface area contributed by atoms with E-state index >= 15 is 0 Å². The minimum absolute atomic E-state index is 0.309. The standard InChI is InChI=1S/C16H20N4O2S/c1-4-22-15(21)13-11(2)19-20(3)14(13)18-16(23)17-10-12-8-6-5-7-9-12/h5-9H,4,10H2,1-3H3,(H2,17,18,23). The number of rotatable bonds is 5. The van der Waals surface area contributed by atoms with Crippen molar-refractivity contribution < 1.29 is 9.53 Å². The molecule has 0 bridgehead atoms. The van der Waals surface area contributed by atoms with E-state index in [1.165, 1.54) is 0 Å². The highest BCUT2D eigenvalue weighted by Gasteiger charge is 2.22. The lowest BCUT2D eigenvalue weighted by Crippen LogP contribution is -2.29. The van der Waals surface area contributed by atoms with Gasteiger partial charge in [-0.1, -0.05) is 30.3 Å². The van der Waals surface area contributed by atoms with Gasteiger partial charge < -0.3 is 15.4 Å². The third-order valence-electron chi connectivity index (χ3n) is 3.23. The summed E-state index contributed by atoms with van der Waals surface area (Å²) in [4.78, 5) is 12.1. The zero-order valence-corrected chi connectivity index (χ0v) is 14.2. The van der Waals surface area contributed by atoms with E-state index in [0.29, 0.717) is 35.3 Å². The topological polar surface area (TPSA) is 68.2 Å². The number of anilines is 1. The second kappa shape index (κ2) is 7.73. The lowest BCUT2D eigenvalue weighted by molar-refractivity contribution is 0.0526. The minimum atomic E-state index is -0.411. The van der Waals surface area contributed by atoms with Crippen LogP contribution in [-0.4, -0.2) is 27.5 Å². The molecular formula is C16H20N4O2S. The molecule has 1 heterocycles. The quantitative estimate of drug-likeness (QED) is 0.647. The number of aromatic nitrogens is 2. The van der Waals surface area contributed by atoms with Crippen molar-refractivity contribution in [2.45, 2.75) is 20.4 Å². The molecule has 1 aromatic carbocycles. The van der Waals surface area contributed by atoms with E-state index < -0.39 is 5.97 Å². The van der Waals surface area contributed by atoms with Crippen LogP contribution in [0.15, 0.2) is 30.3 Å². The van der Waals surface area contributed by atoms with Crippen LogP contribution in [0.1, 0.15) is 28.5 Å². The molecule has 7 heteroatoms. The number of nitrogens with zero attached hydrogens (tertiary/aromatic N) is 2. The maximum absolute atomic E-state index is 12.1. The van der Waals surface area contributed by atoms with Gasteiger partial charge in [0.2, 0.25) is 0 Å². The number of carbonyl (C=O) groups excluding carboxylic acids is 1. The summed E-state index contributed by atoms with van der Waals surface area (Å²) >= 11 is 5.30. The van der Waals surface area contributed by atoms with Crippen LogP contribution in [-0.2, 0) is 18.3 Å². The van der Waals surface area contributed by atoms with Crippen molar-refractivity contribution in [1.29, 1.82) is 0 Å². The SMILES string of the molecule is CCOC(=O)c1c(C)nn(C)c1NC(=S)NCc1ccccc1. The highest BCUT2D eigenvalue weighted by molar-refractivity contribution is 7.80. The molecule has 122 valence electrons. The van der Waals surface area contributed by atoms with Gasteiger partial charge in [-0.2, -0.15) is 5.10 Å². The lowest BCUT2D eigenvalue weighted by Gasteiger charge is -2.12. The summed E-state index contributed by atoms with van der Waals surface area (Å²) in [7, 11) is 1.75. The molecule has 1 aromatic heterocycles. The summed E-state index contributed by atoms with van der Waals surface area (Å²) in [6, 6.07) is 9.92. The van der Waals surface area contributed by atoms with Crippen molar-refractivity contribution in [3.63, 3.8) is 0 Å². The highest BCUT2D eigenvalue weighted by atomic mass is 32.1. The molecule has 2 aromatic rings. The molecule has 0 radical (unpaired) electrons. The number of aryl methyl sites for hydroxylation is 2. The van der Waals surface area contributed by atoms with Crippen LogP contribution in [0.2, 0.25) is 0 Å². The Morgan fingerprint density at radius 3 is 2.70 bits per heavy atom. The summed E-state index contributed by atoms with van der Waals surface area (Å²) in [5.41, 5.74) is 2.11. The summed E-state index contributed by atoms with van der Waals surface area (Å²) in [6.07, 6.45) is 0. The highest BCUT2D eigenvalue weighted by Crippen LogP contribution is 2.19. The Morgan fingerprint density at radius 1 is 1.35 bits per heavy atom. The second-order valence-corrected chi connectivity index (χ2v) is 5.35. The van der Waals surface area contributed by atoms with Crippen LogP contribution in [0.5, 0.6) is 0 Å². The van der Waals surface area contributed by atoms with E-state index in [2.05, 4.69) is 15.7 Å². The van der Waals surface area contributed by atoms with Crippen molar-refractivity contribution in [3.05, 3.63) is 47.2 Å². The predicted octanol–water partition coefficient (Wildman–Crippen LogP) is 2.39. The minimum Gasteiger partial charge on any atom is -0.462 e. The maximum Gasteiger partial charge on any atom is 0.343 e. The van der Waals surface area contributed by atoms with Gasteiger partial charge in [0.15, 0.2) is 5.11 Å². The Morgan fingerprint density at radius 2 is 2.04 bits per heavy atom. The van der Waals surface area contributed by atoms with Crippen LogP contribution < -0.4 is 10.6 Å². The predicted molar refractivity (Wildman–Crippen MR) is 93.4 cm³/mol. The number of nitrogens with one attached hydrogen (secondary N) is 2. The van der Waals surface area contributed by atoms with Crippen LogP contribution in [0.25, 0.3) is 0 Å². The molecule has 0 unspecified atom stereocenters. The maximum atomic E-state index is 12.1. The van der Waals surface area contributed by atoms with Gasteiger partial charge >= 0.3 is 5.97 Å². The van der Waals surface area contributed by atoms with Gasteiger partial charge in [0, 0.05) is 13.6 Å². The molecule has 0 saturated carbocycles. The lowest BCUT2D eigenvalue weighted by atomic mass is 10.2. The molecule has 0 aliphatic rings. The Hall–Kier alpha value is -2.41. The Kier molecular flexibility index (Phi) is 5.70. The Bertz CT molecular complexity index is 698. The zero-order valence-electron chi connectivity index (χ0n) is 13.4. The van der Waals surface area contributed by atoms with Gasteiger partial charge in [0.25, 0.3) is 0 Å². The molecule has 0 aliphatic carbocycles. The first-order valence-corrected chi connectivity index (χ1v) is 7.73. The van der Waals surface area contributed by atoms with E-state index in [1.54, 1.807) is 25.6 Å². The van der Waals surface area contributed by atoms with Crippen molar-refractivity contribution in [2.24, 2.45) is 7.05 Å². The largest absolute Gasteiger partial charge is 0.462 e. The number of carbonyl (C=O) groups is 1. The number of ether oxygens (including phenoxy) is 1. The number of hydrogen-bond acceptors (Lipinski definition) is 4. The van der Waals surface area contributed by atoms with Crippen molar-refractivity contribution in [2.75, 3.05) is 11.9 Å². The smallest absolute Gasteiger partial charge is 0.343 e. The summed E-state index contributed by atoms with van der Waals surface area (Å²) in [5, 5.41) is 10.8. The second-order valence-electron chi connectivity index (χ2n) is 4.95. The molecule has 2 rings (SSSR count).